The molecule has 0 aliphatic carbocycles. The Kier molecular flexibility index (Phi) is 6.00. The van der Waals surface area contributed by atoms with Crippen molar-refractivity contribution < 1.29 is 32.2 Å². The van der Waals surface area contributed by atoms with Gasteiger partial charge < -0.3 is 19.6 Å². The summed E-state index contributed by atoms with van der Waals surface area (Å²) >= 11 is 1.35. The molecule has 1 unspecified atom stereocenters. The van der Waals surface area contributed by atoms with E-state index in [9.17, 15) is 23.1 Å². The Hall–Kier alpha value is -2.85. The number of amides is 1. The number of hydrogen-bond donors (Lipinski definition) is 2. The van der Waals surface area contributed by atoms with Crippen LogP contribution < -0.4 is 10.1 Å². The highest BCUT2D eigenvalue weighted by atomic mass is 32.1. The van der Waals surface area contributed by atoms with Gasteiger partial charge in [-0.2, -0.15) is 0 Å². The van der Waals surface area contributed by atoms with Gasteiger partial charge in [-0.1, -0.05) is 12.1 Å². The van der Waals surface area contributed by atoms with E-state index < -0.39 is 12.5 Å². The van der Waals surface area contributed by atoms with Gasteiger partial charge in [-0.15, -0.1) is 24.5 Å². The number of aliphatic hydroxyl groups excluding tert-OH is 1. The van der Waals surface area contributed by atoms with Crippen molar-refractivity contribution in [2.24, 2.45) is 0 Å². The topological polar surface area (TPSA) is 84.6 Å². The predicted octanol–water partition coefficient (Wildman–Crippen LogP) is 3.69. The molecule has 2 heterocycles. The maximum Gasteiger partial charge on any atom is 0.573 e. The van der Waals surface area contributed by atoms with Gasteiger partial charge in [-0.3, -0.25) is 4.79 Å². The van der Waals surface area contributed by atoms with E-state index >= 15 is 0 Å². The number of carbonyl (C=O) groups excluding carboxylic acids is 1. The molecule has 1 atom stereocenters. The van der Waals surface area contributed by atoms with Crippen molar-refractivity contribution in [3.05, 3.63) is 59.3 Å². The van der Waals surface area contributed by atoms with Gasteiger partial charge >= 0.3 is 6.36 Å². The van der Waals surface area contributed by atoms with Crippen molar-refractivity contribution >= 4 is 17.2 Å². The SMILES string of the molecule is O=C(Cc1csc(-c2ccco2)n1)NCC(O)c1ccc(OC(F)(F)F)cc1. The highest BCUT2D eigenvalue weighted by molar-refractivity contribution is 7.13. The average molecular weight is 412 g/mol. The van der Waals surface area contributed by atoms with Crippen molar-refractivity contribution in [1.82, 2.24) is 10.3 Å². The highest BCUT2D eigenvalue weighted by Crippen LogP contribution is 2.25. The van der Waals surface area contributed by atoms with Gasteiger partial charge in [-0.05, 0) is 29.8 Å². The van der Waals surface area contributed by atoms with Crippen LogP contribution in [0, 0.1) is 0 Å². The molecule has 148 valence electrons. The molecule has 2 N–H and O–H groups in total. The Morgan fingerprint density at radius 3 is 2.68 bits per heavy atom. The molecule has 10 heteroatoms. The number of hydrogen-bond acceptors (Lipinski definition) is 6. The van der Waals surface area contributed by atoms with Gasteiger partial charge in [0.2, 0.25) is 5.91 Å². The molecule has 0 bridgehead atoms. The molecule has 2 aromatic heterocycles. The molecular weight excluding hydrogens is 397 g/mol. The Morgan fingerprint density at radius 1 is 1.29 bits per heavy atom. The number of carbonyl (C=O) groups is 1. The van der Waals surface area contributed by atoms with Crippen LogP contribution >= 0.6 is 11.3 Å². The van der Waals surface area contributed by atoms with E-state index in [-0.39, 0.29) is 24.6 Å². The first-order valence-electron chi connectivity index (χ1n) is 8.09. The van der Waals surface area contributed by atoms with Crippen LogP contribution in [0.4, 0.5) is 13.2 Å². The van der Waals surface area contributed by atoms with Gasteiger partial charge in [0.1, 0.15) is 5.75 Å². The standard InChI is InChI=1S/C18H15F3N2O4S/c19-18(20,21)27-13-5-3-11(4-6-13)14(24)9-22-16(25)8-12-10-28-17(23-12)15-2-1-7-26-15/h1-7,10,14,24H,8-9H2,(H,22,25). The lowest BCUT2D eigenvalue weighted by Gasteiger charge is -2.13. The second kappa shape index (κ2) is 8.44. The van der Waals surface area contributed by atoms with Crippen LogP contribution in [0.5, 0.6) is 5.75 Å². The predicted molar refractivity (Wildman–Crippen MR) is 94.6 cm³/mol. The number of aliphatic hydroxyl groups is 1. The average Bonchev–Trinajstić information content (AvgIpc) is 3.30. The molecule has 28 heavy (non-hydrogen) atoms. The maximum atomic E-state index is 12.1. The summed E-state index contributed by atoms with van der Waals surface area (Å²) in [6.45, 7) is -0.0898. The normalized spacial score (nSPS) is 12.6. The Morgan fingerprint density at radius 2 is 2.04 bits per heavy atom. The van der Waals surface area contributed by atoms with Gasteiger partial charge in [0.05, 0.1) is 24.5 Å². The van der Waals surface area contributed by atoms with Crippen LogP contribution in [0.25, 0.3) is 10.8 Å². The van der Waals surface area contributed by atoms with E-state index in [1.165, 1.54) is 29.7 Å². The van der Waals surface area contributed by atoms with Gasteiger partial charge in [0.15, 0.2) is 10.8 Å². The number of ether oxygens (including phenoxy) is 1. The molecule has 0 aliphatic heterocycles. The molecule has 0 saturated heterocycles. The smallest absolute Gasteiger partial charge is 0.462 e. The van der Waals surface area contributed by atoms with Crippen LogP contribution in [0.2, 0.25) is 0 Å². The third kappa shape index (κ3) is 5.57. The number of benzene rings is 1. The van der Waals surface area contributed by atoms with Gasteiger partial charge in [-0.25, -0.2) is 4.98 Å². The van der Waals surface area contributed by atoms with E-state index in [1.54, 1.807) is 17.5 Å². The summed E-state index contributed by atoms with van der Waals surface area (Å²) in [7, 11) is 0. The summed E-state index contributed by atoms with van der Waals surface area (Å²) in [4.78, 5) is 16.3. The third-order valence-corrected chi connectivity index (χ3v) is 4.52. The molecule has 0 fully saturated rings. The van der Waals surface area contributed by atoms with E-state index in [0.29, 0.717) is 22.0 Å². The van der Waals surface area contributed by atoms with E-state index in [1.807, 2.05) is 0 Å². The Balaban J connectivity index is 1.49. The zero-order valence-electron chi connectivity index (χ0n) is 14.3. The molecule has 0 spiro atoms. The van der Waals surface area contributed by atoms with Gasteiger partial charge in [0.25, 0.3) is 0 Å². The molecule has 1 amide bonds. The lowest BCUT2D eigenvalue weighted by atomic mass is 10.1. The number of halogens is 3. The number of nitrogens with zero attached hydrogens (tertiary/aromatic N) is 1. The third-order valence-electron chi connectivity index (χ3n) is 3.62. The first kappa shape index (κ1) is 19.9. The first-order valence-corrected chi connectivity index (χ1v) is 8.97. The van der Waals surface area contributed by atoms with Crippen LogP contribution in [0.3, 0.4) is 0 Å². The molecule has 6 nitrogen and oxygen atoms in total. The van der Waals surface area contributed by atoms with Crippen LogP contribution in [0.15, 0.2) is 52.5 Å². The molecule has 0 aliphatic rings. The minimum Gasteiger partial charge on any atom is -0.462 e. The molecule has 3 aromatic rings. The first-order chi connectivity index (χ1) is 13.3. The summed E-state index contributed by atoms with van der Waals surface area (Å²) in [6.07, 6.45) is -4.28. The maximum absolute atomic E-state index is 12.1. The summed E-state index contributed by atoms with van der Waals surface area (Å²) in [5.74, 6) is -0.110. The van der Waals surface area contributed by atoms with Gasteiger partial charge in [0, 0.05) is 11.9 Å². The van der Waals surface area contributed by atoms with Crippen molar-refractivity contribution in [2.75, 3.05) is 6.54 Å². The Labute approximate surface area is 161 Å². The second-order valence-corrected chi connectivity index (χ2v) is 6.59. The number of rotatable bonds is 7. The lowest BCUT2D eigenvalue weighted by molar-refractivity contribution is -0.274. The molecule has 0 radical (unpaired) electrons. The van der Waals surface area contributed by atoms with Crippen LogP contribution in [-0.2, 0) is 11.2 Å². The quantitative estimate of drug-likeness (QED) is 0.618. The largest absolute Gasteiger partial charge is 0.573 e. The summed E-state index contributed by atoms with van der Waals surface area (Å²) in [6, 6.07) is 8.30. The highest BCUT2D eigenvalue weighted by Gasteiger charge is 2.31. The van der Waals surface area contributed by atoms with E-state index in [2.05, 4.69) is 15.0 Å². The molecule has 3 rings (SSSR count). The fourth-order valence-corrected chi connectivity index (χ4v) is 3.13. The minimum absolute atomic E-state index is 0.0300. The van der Waals surface area contributed by atoms with Crippen LogP contribution in [0.1, 0.15) is 17.4 Å². The van der Waals surface area contributed by atoms with Crippen molar-refractivity contribution in [3.63, 3.8) is 0 Å². The fraction of sp³-hybridized carbons (Fsp3) is 0.222. The Bertz CT molecular complexity index is 908. The number of aromatic nitrogens is 1. The molecule has 0 saturated carbocycles. The zero-order chi connectivity index (χ0) is 20.1. The lowest BCUT2D eigenvalue weighted by Crippen LogP contribution is -2.29. The van der Waals surface area contributed by atoms with Crippen LogP contribution in [-0.4, -0.2) is 28.9 Å². The van der Waals surface area contributed by atoms with E-state index in [0.717, 1.165) is 12.1 Å². The summed E-state index contributed by atoms with van der Waals surface area (Å²) < 4.78 is 45.4. The van der Waals surface area contributed by atoms with E-state index in [4.69, 9.17) is 4.42 Å². The second-order valence-electron chi connectivity index (χ2n) is 5.73. The number of thiazole rings is 1. The number of furan rings is 1. The number of nitrogens with one attached hydrogen (secondary N) is 1. The van der Waals surface area contributed by atoms with Crippen molar-refractivity contribution in [1.29, 1.82) is 0 Å². The van der Waals surface area contributed by atoms with Crippen molar-refractivity contribution in [3.8, 4) is 16.5 Å². The minimum atomic E-state index is -4.78. The number of alkyl halides is 3. The summed E-state index contributed by atoms with van der Waals surface area (Å²) in [5, 5.41) is 15.1. The zero-order valence-corrected chi connectivity index (χ0v) is 15.1. The fourth-order valence-electron chi connectivity index (χ4n) is 2.35. The monoisotopic (exact) mass is 412 g/mol. The molecular formula is C18H15F3N2O4S. The summed E-state index contributed by atoms with van der Waals surface area (Å²) in [5.41, 5.74) is 0.917. The van der Waals surface area contributed by atoms with Crippen molar-refractivity contribution in [2.45, 2.75) is 18.9 Å². The molecule has 1 aromatic carbocycles.